The van der Waals surface area contributed by atoms with Crippen LogP contribution in [0.4, 0.5) is 16.2 Å². The van der Waals surface area contributed by atoms with Crippen LogP contribution in [0.15, 0.2) is 6.20 Å². The first-order valence-corrected chi connectivity index (χ1v) is 6.31. The molecule has 2 unspecified atom stereocenters. The summed E-state index contributed by atoms with van der Waals surface area (Å²) in [6, 6.07) is 0.0547. The van der Waals surface area contributed by atoms with Crippen molar-refractivity contribution in [1.29, 1.82) is 0 Å². The van der Waals surface area contributed by atoms with Gasteiger partial charge in [0, 0.05) is 26.2 Å². The van der Waals surface area contributed by atoms with Crippen LogP contribution >= 0.6 is 0 Å². The van der Waals surface area contributed by atoms with Crippen molar-refractivity contribution in [3.05, 3.63) is 12.0 Å². The average molecular weight is 269 g/mol. The fourth-order valence-electron chi connectivity index (χ4n) is 2.43. The standard InChI is InChI=1S/C12H20FN5O/c1-14-12-15-5-10(13)11(16-12)18-7-9(19)4-8(18)6-17(2)3/h5,8-9,19H,4,6-7H2,1-3H3,(H,14,15,16). The first-order chi connectivity index (χ1) is 9.01. The molecule has 2 atom stereocenters. The smallest absolute Gasteiger partial charge is 0.224 e. The van der Waals surface area contributed by atoms with Crippen molar-refractivity contribution in [2.45, 2.75) is 18.6 Å². The number of nitrogens with zero attached hydrogens (tertiary/aromatic N) is 4. The molecule has 0 saturated carbocycles. The molecule has 106 valence electrons. The van der Waals surface area contributed by atoms with Gasteiger partial charge in [0.2, 0.25) is 5.95 Å². The minimum Gasteiger partial charge on any atom is -0.391 e. The largest absolute Gasteiger partial charge is 0.391 e. The predicted molar refractivity (Wildman–Crippen MR) is 71.8 cm³/mol. The van der Waals surface area contributed by atoms with E-state index in [2.05, 4.69) is 15.3 Å². The highest BCUT2D eigenvalue weighted by molar-refractivity contribution is 5.46. The molecule has 1 aromatic rings. The van der Waals surface area contributed by atoms with Gasteiger partial charge in [-0.1, -0.05) is 0 Å². The third-order valence-electron chi connectivity index (χ3n) is 3.19. The van der Waals surface area contributed by atoms with Crippen LogP contribution < -0.4 is 10.2 Å². The summed E-state index contributed by atoms with van der Waals surface area (Å²) in [5.41, 5.74) is 0. The number of aliphatic hydroxyl groups excluding tert-OH is 1. The van der Waals surface area contributed by atoms with E-state index in [1.165, 1.54) is 0 Å². The van der Waals surface area contributed by atoms with E-state index in [9.17, 15) is 9.50 Å². The lowest BCUT2D eigenvalue weighted by molar-refractivity contribution is 0.191. The summed E-state index contributed by atoms with van der Waals surface area (Å²) >= 11 is 0. The van der Waals surface area contributed by atoms with Crippen molar-refractivity contribution in [2.24, 2.45) is 0 Å². The topological polar surface area (TPSA) is 64.5 Å². The summed E-state index contributed by atoms with van der Waals surface area (Å²) in [6.45, 7) is 1.14. The van der Waals surface area contributed by atoms with Crippen LogP contribution in [0.5, 0.6) is 0 Å². The van der Waals surface area contributed by atoms with E-state index in [1.54, 1.807) is 7.05 Å². The third-order valence-corrected chi connectivity index (χ3v) is 3.19. The highest BCUT2D eigenvalue weighted by Gasteiger charge is 2.33. The number of hydrogen-bond donors (Lipinski definition) is 2. The van der Waals surface area contributed by atoms with Crippen molar-refractivity contribution in [2.75, 3.05) is 44.4 Å². The van der Waals surface area contributed by atoms with Gasteiger partial charge in [0.1, 0.15) is 0 Å². The molecule has 19 heavy (non-hydrogen) atoms. The van der Waals surface area contributed by atoms with Gasteiger partial charge in [-0.05, 0) is 20.5 Å². The highest BCUT2D eigenvalue weighted by atomic mass is 19.1. The summed E-state index contributed by atoms with van der Waals surface area (Å²) in [5, 5.41) is 12.6. The Kier molecular flexibility index (Phi) is 4.16. The normalized spacial score (nSPS) is 23.2. The van der Waals surface area contributed by atoms with Crippen LogP contribution in [-0.4, -0.2) is 66.4 Å². The fraction of sp³-hybridized carbons (Fsp3) is 0.667. The van der Waals surface area contributed by atoms with Crippen LogP contribution in [0.1, 0.15) is 6.42 Å². The zero-order valence-electron chi connectivity index (χ0n) is 11.5. The Morgan fingerprint density at radius 3 is 2.95 bits per heavy atom. The van der Waals surface area contributed by atoms with Crippen LogP contribution in [0.25, 0.3) is 0 Å². The molecule has 1 fully saturated rings. The second-order valence-electron chi connectivity index (χ2n) is 5.07. The van der Waals surface area contributed by atoms with E-state index < -0.39 is 11.9 Å². The first kappa shape index (κ1) is 14.0. The van der Waals surface area contributed by atoms with Gasteiger partial charge in [-0.3, -0.25) is 0 Å². The summed E-state index contributed by atoms with van der Waals surface area (Å²) in [5.74, 6) is 0.168. The van der Waals surface area contributed by atoms with E-state index in [1.807, 2.05) is 23.9 Å². The van der Waals surface area contributed by atoms with Crippen LogP contribution in [0.3, 0.4) is 0 Å². The van der Waals surface area contributed by atoms with E-state index in [0.717, 1.165) is 12.7 Å². The number of likely N-dealkylation sites (N-methyl/N-ethyl adjacent to an activating group) is 1. The maximum absolute atomic E-state index is 13.9. The maximum Gasteiger partial charge on any atom is 0.224 e. The highest BCUT2D eigenvalue weighted by Crippen LogP contribution is 2.27. The Morgan fingerprint density at radius 2 is 2.32 bits per heavy atom. The van der Waals surface area contributed by atoms with Gasteiger partial charge in [0.25, 0.3) is 0 Å². The molecule has 0 radical (unpaired) electrons. The number of hydrogen-bond acceptors (Lipinski definition) is 6. The quantitative estimate of drug-likeness (QED) is 0.812. The average Bonchev–Trinajstić information content (AvgIpc) is 2.70. The molecule has 7 heteroatoms. The number of halogens is 1. The molecule has 1 aliphatic heterocycles. The molecular formula is C12H20FN5O. The fourth-order valence-corrected chi connectivity index (χ4v) is 2.43. The van der Waals surface area contributed by atoms with E-state index in [-0.39, 0.29) is 11.9 Å². The lowest BCUT2D eigenvalue weighted by atomic mass is 10.2. The van der Waals surface area contributed by atoms with Crippen molar-refractivity contribution < 1.29 is 9.50 Å². The molecule has 0 bridgehead atoms. The number of nitrogens with one attached hydrogen (secondary N) is 1. The predicted octanol–water partition coefficient (Wildman–Crippen LogP) is 0.159. The maximum atomic E-state index is 13.9. The minimum absolute atomic E-state index is 0.0547. The summed E-state index contributed by atoms with van der Waals surface area (Å²) in [7, 11) is 5.60. The molecule has 6 nitrogen and oxygen atoms in total. The number of anilines is 2. The van der Waals surface area contributed by atoms with Gasteiger partial charge in [-0.2, -0.15) is 4.98 Å². The van der Waals surface area contributed by atoms with Crippen molar-refractivity contribution in [3.63, 3.8) is 0 Å². The zero-order valence-corrected chi connectivity index (χ0v) is 11.5. The molecule has 2 heterocycles. The molecule has 2 N–H and O–H groups in total. The monoisotopic (exact) mass is 269 g/mol. The summed E-state index contributed by atoms with van der Waals surface area (Å²) < 4.78 is 13.9. The minimum atomic E-state index is -0.461. The lowest BCUT2D eigenvalue weighted by Crippen LogP contribution is -2.38. The Labute approximate surface area is 112 Å². The number of rotatable bonds is 4. The zero-order chi connectivity index (χ0) is 14.0. The molecule has 0 aromatic carbocycles. The molecule has 0 amide bonds. The lowest BCUT2D eigenvalue weighted by Gasteiger charge is -2.28. The molecule has 1 saturated heterocycles. The van der Waals surface area contributed by atoms with Crippen LogP contribution in [-0.2, 0) is 0 Å². The van der Waals surface area contributed by atoms with E-state index in [4.69, 9.17) is 0 Å². The summed E-state index contributed by atoms with van der Waals surface area (Å²) in [4.78, 5) is 11.8. The second kappa shape index (κ2) is 5.66. The molecule has 1 aliphatic rings. The third kappa shape index (κ3) is 3.10. The molecular weight excluding hydrogens is 249 g/mol. The number of β-amino-alcohol motifs (C(OH)–C–C–N with tert-alkyl or cyclic N) is 1. The Hall–Kier alpha value is -1.47. The van der Waals surface area contributed by atoms with Crippen molar-refractivity contribution in [3.8, 4) is 0 Å². The van der Waals surface area contributed by atoms with Crippen molar-refractivity contribution in [1.82, 2.24) is 14.9 Å². The van der Waals surface area contributed by atoms with Gasteiger partial charge in [-0.25, -0.2) is 9.37 Å². The molecule has 2 rings (SSSR count). The Bertz CT molecular complexity index is 442. The Morgan fingerprint density at radius 1 is 1.58 bits per heavy atom. The van der Waals surface area contributed by atoms with E-state index >= 15 is 0 Å². The molecule has 1 aromatic heterocycles. The summed E-state index contributed by atoms with van der Waals surface area (Å²) in [6.07, 6.45) is 1.33. The molecule has 0 aliphatic carbocycles. The number of aromatic nitrogens is 2. The van der Waals surface area contributed by atoms with Gasteiger partial charge in [0.15, 0.2) is 11.6 Å². The molecule has 0 spiro atoms. The van der Waals surface area contributed by atoms with Crippen LogP contribution in [0, 0.1) is 5.82 Å². The van der Waals surface area contributed by atoms with Gasteiger partial charge >= 0.3 is 0 Å². The van der Waals surface area contributed by atoms with Crippen molar-refractivity contribution >= 4 is 11.8 Å². The van der Waals surface area contributed by atoms with Gasteiger partial charge in [0.05, 0.1) is 12.3 Å². The van der Waals surface area contributed by atoms with Gasteiger partial charge in [-0.15, -0.1) is 0 Å². The first-order valence-electron chi connectivity index (χ1n) is 6.31. The van der Waals surface area contributed by atoms with Gasteiger partial charge < -0.3 is 20.2 Å². The second-order valence-corrected chi connectivity index (χ2v) is 5.07. The van der Waals surface area contributed by atoms with Crippen LogP contribution in [0.2, 0.25) is 0 Å². The number of aliphatic hydroxyl groups is 1. The SMILES string of the molecule is CNc1ncc(F)c(N2CC(O)CC2CN(C)C)n1. The Balaban J connectivity index is 2.27. The van der Waals surface area contributed by atoms with E-state index in [0.29, 0.717) is 18.9 Å².